The second-order valence-corrected chi connectivity index (χ2v) is 10.2. The lowest BCUT2D eigenvalue weighted by Crippen LogP contribution is -2.34. The van der Waals surface area contributed by atoms with Crippen LogP contribution in [0, 0.1) is 5.82 Å². The average molecular weight is 497 g/mol. The first-order valence-electron chi connectivity index (χ1n) is 11.2. The third-order valence-corrected chi connectivity index (χ3v) is 6.14. The van der Waals surface area contributed by atoms with E-state index in [1.54, 1.807) is 22.6 Å². The van der Waals surface area contributed by atoms with Gasteiger partial charge in [-0.2, -0.15) is 4.52 Å². The van der Waals surface area contributed by atoms with Gasteiger partial charge in [-0.3, -0.25) is 4.79 Å². The number of aromatic nitrogens is 3. The number of carbonyl (C=O) groups is 1. The van der Waals surface area contributed by atoms with Crippen molar-refractivity contribution < 1.29 is 13.9 Å². The molecule has 0 saturated carbocycles. The van der Waals surface area contributed by atoms with Gasteiger partial charge in [0, 0.05) is 24.7 Å². The van der Waals surface area contributed by atoms with E-state index in [2.05, 4.69) is 10.6 Å². The molecule has 0 aliphatic carbocycles. The van der Waals surface area contributed by atoms with Crippen molar-refractivity contribution in [3.05, 3.63) is 59.9 Å². The smallest absolute Gasteiger partial charge is 0.239 e. The molecule has 2 aromatic carbocycles. The first kappa shape index (κ1) is 24.5. The molecule has 0 fully saturated rings. The fourth-order valence-corrected chi connectivity index (χ4v) is 4.38. The molecule has 1 amide bonds. The van der Waals surface area contributed by atoms with Gasteiger partial charge in [0.15, 0.2) is 5.82 Å². The molecule has 10 heteroatoms. The topological polar surface area (TPSA) is 83.8 Å². The summed E-state index contributed by atoms with van der Waals surface area (Å²) in [4.78, 5) is 19.7. The van der Waals surface area contributed by atoms with E-state index in [1.165, 1.54) is 23.5 Å². The number of nitrogens with one attached hydrogen (secondary N) is 2. The zero-order chi connectivity index (χ0) is 25.2. The number of hydrogen-bond donors (Lipinski definition) is 2. The average Bonchev–Trinajstić information content (AvgIpc) is 3.36. The summed E-state index contributed by atoms with van der Waals surface area (Å²) in [6.45, 7) is 6.65. The molecule has 4 aromatic rings. The highest BCUT2D eigenvalue weighted by atomic mass is 32.1. The van der Waals surface area contributed by atoms with Crippen LogP contribution < -0.4 is 20.3 Å². The highest BCUT2D eigenvalue weighted by Crippen LogP contribution is 2.34. The number of carbonyl (C=O) groups excluding carboxylic acids is 1. The molecule has 0 aliphatic heterocycles. The zero-order valence-electron chi connectivity index (χ0n) is 20.4. The van der Waals surface area contributed by atoms with Crippen molar-refractivity contribution in [1.29, 1.82) is 0 Å². The van der Waals surface area contributed by atoms with E-state index in [-0.39, 0.29) is 23.8 Å². The molecular weight excluding hydrogens is 467 g/mol. The van der Waals surface area contributed by atoms with Crippen molar-refractivity contribution in [1.82, 2.24) is 19.9 Å². The Bertz CT molecular complexity index is 1340. The Balaban J connectivity index is 1.52. The van der Waals surface area contributed by atoms with Gasteiger partial charge in [0.1, 0.15) is 17.3 Å². The number of halogens is 1. The molecule has 2 aromatic heterocycles. The van der Waals surface area contributed by atoms with E-state index >= 15 is 0 Å². The molecule has 184 valence electrons. The maximum Gasteiger partial charge on any atom is 0.239 e. The summed E-state index contributed by atoms with van der Waals surface area (Å²) in [6.07, 6.45) is 0. The van der Waals surface area contributed by atoms with Crippen molar-refractivity contribution in [2.45, 2.75) is 32.9 Å². The maximum atomic E-state index is 13.9. The normalized spacial score (nSPS) is 11.5. The van der Waals surface area contributed by atoms with Crippen molar-refractivity contribution >= 4 is 33.2 Å². The predicted octanol–water partition coefficient (Wildman–Crippen LogP) is 4.57. The van der Waals surface area contributed by atoms with Crippen molar-refractivity contribution in [3.8, 4) is 17.0 Å². The standard InChI is InChI=1S/C25H29FN6O2S/c1-25(2,3)29-22-21(17-9-7-10-18(26)13-17)28-23-32(22)30-24(35-23)31(4)15-20(33)27-14-16-8-6-11-19(12-16)34-5/h6-13,29H,14-15H2,1-5H3,(H,27,33). The van der Waals surface area contributed by atoms with Gasteiger partial charge in [-0.1, -0.05) is 35.6 Å². The quantitative estimate of drug-likeness (QED) is 0.372. The number of fused-ring (bicyclic) bond motifs is 1. The Morgan fingerprint density at radius 1 is 1.20 bits per heavy atom. The number of likely N-dealkylation sites (N-methyl/N-ethyl adjacent to an activating group) is 1. The highest BCUT2D eigenvalue weighted by molar-refractivity contribution is 7.20. The number of hydrogen-bond acceptors (Lipinski definition) is 7. The molecular formula is C25H29FN6O2S. The Hall–Kier alpha value is -3.66. The number of anilines is 2. The summed E-state index contributed by atoms with van der Waals surface area (Å²) in [5.74, 6) is 0.972. The van der Waals surface area contributed by atoms with Crippen LogP contribution in [0.1, 0.15) is 26.3 Å². The lowest BCUT2D eigenvalue weighted by Gasteiger charge is -2.22. The number of rotatable bonds is 8. The van der Waals surface area contributed by atoms with E-state index in [1.807, 2.05) is 58.2 Å². The van der Waals surface area contributed by atoms with Crippen LogP contribution in [0.4, 0.5) is 15.3 Å². The van der Waals surface area contributed by atoms with Gasteiger partial charge in [0.25, 0.3) is 0 Å². The second-order valence-electron chi connectivity index (χ2n) is 9.26. The van der Waals surface area contributed by atoms with Crippen molar-refractivity contribution in [3.63, 3.8) is 0 Å². The summed E-state index contributed by atoms with van der Waals surface area (Å²) in [6, 6.07) is 13.9. The predicted molar refractivity (Wildman–Crippen MR) is 138 cm³/mol. The zero-order valence-corrected chi connectivity index (χ0v) is 21.2. The van der Waals surface area contributed by atoms with Crippen LogP contribution in [0.5, 0.6) is 5.75 Å². The van der Waals surface area contributed by atoms with Crippen LogP contribution in [0.3, 0.4) is 0 Å². The van der Waals surface area contributed by atoms with Crippen LogP contribution >= 0.6 is 11.3 Å². The van der Waals surface area contributed by atoms with E-state index in [0.717, 1.165) is 11.3 Å². The van der Waals surface area contributed by atoms with Crippen LogP contribution in [0.15, 0.2) is 48.5 Å². The Morgan fingerprint density at radius 2 is 1.97 bits per heavy atom. The van der Waals surface area contributed by atoms with Crippen molar-refractivity contribution in [2.24, 2.45) is 0 Å². The molecule has 4 rings (SSSR count). The molecule has 0 saturated heterocycles. The first-order chi connectivity index (χ1) is 16.6. The van der Waals surface area contributed by atoms with Gasteiger partial charge in [0.05, 0.1) is 13.7 Å². The number of amides is 1. The summed E-state index contributed by atoms with van der Waals surface area (Å²) >= 11 is 1.36. The molecule has 2 heterocycles. The van der Waals surface area contributed by atoms with Gasteiger partial charge < -0.3 is 20.3 Å². The number of imidazole rings is 1. The summed E-state index contributed by atoms with van der Waals surface area (Å²) < 4.78 is 20.8. The molecule has 0 radical (unpaired) electrons. The highest BCUT2D eigenvalue weighted by Gasteiger charge is 2.23. The van der Waals surface area contributed by atoms with Crippen LogP contribution in [0.2, 0.25) is 0 Å². The van der Waals surface area contributed by atoms with Gasteiger partial charge in [-0.05, 0) is 50.6 Å². The van der Waals surface area contributed by atoms with Gasteiger partial charge in [0.2, 0.25) is 16.0 Å². The largest absolute Gasteiger partial charge is 0.497 e. The molecule has 0 spiro atoms. The first-order valence-corrected chi connectivity index (χ1v) is 12.0. The monoisotopic (exact) mass is 496 g/mol. The summed E-state index contributed by atoms with van der Waals surface area (Å²) in [5.41, 5.74) is 1.98. The minimum Gasteiger partial charge on any atom is -0.497 e. The maximum absolute atomic E-state index is 13.9. The second kappa shape index (κ2) is 9.91. The minimum atomic E-state index is -0.325. The van der Waals surface area contributed by atoms with Gasteiger partial charge >= 0.3 is 0 Å². The van der Waals surface area contributed by atoms with E-state index < -0.39 is 0 Å². The molecule has 2 N–H and O–H groups in total. The molecule has 35 heavy (non-hydrogen) atoms. The van der Waals surface area contributed by atoms with E-state index in [0.29, 0.717) is 33.7 Å². The number of benzene rings is 2. The van der Waals surface area contributed by atoms with Crippen molar-refractivity contribution in [2.75, 3.05) is 30.9 Å². The van der Waals surface area contributed by atoms with Crippen LogP contribution in [-0.4, -0.2) is 46.7 Å². The van der Waals surface area contributed by atoms with Gasteiger partial charge in [-0.25, -0.2) is 9.37 Å². The molecule has 0 atom stereocenters. The minimum absolute atomic E-state index is 0.128. The molecule has 0 bridgehead atoms. The number of nitrogens with zero attached hydrogens (tertiary/aromatic N) is 4. The third-order valence-electron chi connectivity index (χ3n) is 5.12. The molecule has 0 unspecified atom stereocenters. The molecule has 0 aliphatic rings. The number of methoxy groups -OCH3 is 1. The summed E-state index contributed by atoms with van der Waals surface area (Å²) in [7, 11) is 3.43. The summed E-state index contributed by atoms with van der Waals surface area (Å²) in [5, 5.41) is 11.7. The van der Waals surface area contributed by atoms with Gasteiger partial charge in [-0.15, -0.1) is 5.10 Å². The fourth-order valence-electron chi connectivity index (χ4n) is 3.52. The van der Waals surface area contributed by atoms with E-state index in [4.69, 9.17) is 14.8 Å². The van der Waals surface area contributed by atoms with Crippen LogP contribution in [-0.2, 0) is 11.3 Å². The van der Waals surface area contributed by atoms with Crippen LogP contribution in [0.25, 0.3) is 16.2 Å². The Kier molecular flexibility index (Phi) is 6.93. The lowest BCUT2D eigenvalue weighted by molar-refractivity contribution is -0.119. The third kappa shape index (κ3) is 5.89. The lowest BCUT2D eigenvalue weighted by atomic mass is 10.1. The molecule has 8 nitrogen and oxygen atoms in total. The van der Waals surface area contributed by atoms with E-state index in [9.17, 15) is 9.18 Å². The Morgan fingerprint density at radius 3 is 2.69 bits per heavy atom. The number of ether oxygens (including phenoxy) is 1. The fraction of sp³-hybridized carbons (Fsp3) is 0.320. The SMILES string of the molecule is COc1cccc(CNC(=O)CN(C)c2nn3c(NC(C)(C)C)c(-c4cccc(F)c4)nc3s2)c1. The Labute approximate surface area is 207 Å².